The number of esters is 1. The van der Waals surface area contributed by atoms with Gasteiger partial charge in [-0.15, -0.1) is 11.3 Å². The molecule has 23 heavy (non-hydrogen) atoms. The summed E-state index contributed by atoms with van der Waals surface area (Å²) in [5, 5.41) is 3.15. The molecule has 0 unspecified atom stereocenters. The molecule has 1 heterocycles. The third-order valence-electron chi connectivity index (χ3n) is 6.01. The molecule has 4 aliphatic rings. The molecular formula is C18H23NO3S. The van der Waals surface area contributed by atoms with Gasteiger partial charge in [0.05, 0.1) is 12.0 Å². The Balaban J connectivity index is 1.40. The first-order chi connectivity index (χ1) is 11.1. The Hall–Kier alpha value is -1.36. The molecule has 0 aliphatic heterocycles. The van der Waals surface area contributed by atoms with E-state index in [0.29, 0.717) is 15.2 Å². The Labute approximate surface area is 140 Å². The summed E-state index contributed by atoms with van der Waals surface area (Å²) in [6.07, 6.45) is 8.12. The van der Waals surface area contributed by atoms with Crippen LogP contribution in [0.15, 0.2) is 12.1 Å². The molecule has 4 nitrogen and oxygen atoms in total. The lowest BCUT2D eigenvalue weighted by molar-refractivity contribution is -0.0503. The van der Waals surface area contributed by atoms with Crippen LogP contribution in [-0.4, -0.2) is 25.5 Å². The molecule has 4 fully saturated rings. The number of thiophene rings is 1. The Bertz CT molecular complexity index is 601. The number of hydrogen-bond acceptors (Lipinski definition) is 4. The van der Waals surface area contributed by atoms with Gasteiger partial charge in [-0.25, -0.2) is 4.79 Å². The number of carbonyl (C=O) groups is 2. The first kappa shape index (κ1) is 15.2. The van der Waals surface area contributed by atoms with Gasteiger partial charge in [0.2, 0.25) is 0 Å². The number of methoxy groups -OCH3 is 1. The Morgan fingerprint density at radius 2 is 1.70 bits per heavy atom. The summed E-state index contributed by atoms with van der Waals surface area (Å²) in [6.45, 7) is 0.792. The zero-order chi connectivity index (χ0) is 16.0. The molecule has 4 bridgehead atoms. The van der Waals surface area contributed by atoms with E-state index in [0.717, 1.165) is 24.3 Å². The van der Waals surface area contributed by atoms with Gasteiger partial charge in [-0.05, 0) is 73.8 Å². The SMILES string of the molecule is COC(=O)c1ccc(C(=O)NCC23CC4CC(CC(C4)C2)C3)s1. The second kappa shape index (κ2) is 5.62. The van der Waals surface area contributed by atoms with Gasteiger partial charge < -0.3 is 10.1 Å². The monoisotopic (exact) mass is 333 g/mol. The summed E-state index contributed by atoms with van der Waals surface area (Å²) < 4.78 is 4.69. The van der Waals surface area contributed by atoms with Crippen molar-refractivity contribution in [1.82, 2.24) is 5.32 Å². The van der Waals surface area contributed by atoms with Crippen molar-refractivity contribution in [3.63, 3.8) is 0 Å². The van der Waals surface area contributed by atoms with E-state index in [1.165, 1.54) is 57.0 Å². The van der Waals surface area contributed by atoms with Crippen LogP contribution >= 0.6 is 11.3 Å². The van der Waals surface area contributed by atoms with Crippen LogP contribution in [0.4, 0.5) is 0 Å². The van der Waals surface area contributed by atoms with Crippen LogP contribution < -0.4 is 5.32 Å². The van der Waals surface area contributed by atoms with Crippen LogP contribution in [0.2, 0.25) is 0 Å². The first-order valence-corrected chi connectivity index (χ1v) is 9.35. The number of carbonyl (C=O) groups excluding carboxylic acids is 2. The van der Waals surface area contributed by atoms with Gasteiger partial charge in [0.25, 0.3) is 5.91 Å². The molecule has 1 amide bonds. The largest absolute Gasteiger partial charge is 0.465 e. The molecule has 1 aromatic heterocycles. The van der Waals surface area contributed by atoms with Gasteiger partial charge in [0, 0.05) is 6.54 Å². The molecule has 0 atom stereocenters. The van der Waals surface area contributed by atoms with Crippen LogP contribution in [-0.2, 0) is 4.74 Å². The zero-order valence-electron chi connectivity index (χ0n) is 13.5. The van der Waals surface area contributed by atoms with Crippen molar-refractivity contribution < 1.29 is 14.3 Å². The van der Waals surface area contributed by atoms with Gasteiger partial charge in [-0.1, -0.05) is 0 Å². The van der Waals surface area contributed by atoms with Crippen molar-refractivity contribution in [3.8, 4) is 0 Å². The molecule has 4 aliphatic carbocycles. The van der Waals surface area contributed by atoms with E-state index in [2.05, 4.69) is 5.32 Å². The summed E-state index contributed by atoms with van der Waals surface area (Å²) in [7, 11) is 1.36. The normalized spacial score (nSPS) is 34.4. The highest BCUT2D eigenvalue weighted by Crippen LogP contribution is 2.59. The van der Waals surface area contributed by atoms with Crippen molar-refractivity contribution in [1.29, 1.82) is 0 Å². The fourth-order valence-electron chi connectivity index (χ4n) is 5.53. The highest BCUT2D eigenvalue weighted by molar-refractivity contribution is 7.15. The van der Waals surface area contributed by atoms with E-state index in [1.807, 2.05) is 0 Å². The highest BCUT2D eigenvalue weighted by atomic mass is 32.1. The van der Waals surface area contributed by atoms with Gasteiger partial charge in [-0.2, -0.15) is 0 Å². The third-order valence-corrected chi connectivity index (χ3v) is 7.07. The van der Waals surface area contributed by atoms with E-state index < -0.39 is 0 Å². The Morgan fingerprint density at radius 3 is 2.26 bits per heavy atom. The zero-order valence-corrected chi connectivity index (χ0v) is 14.3. The first-order valence-electron chi connectivity index (χ1n) is 8.53. The minimum absolute atomic E-state index is 0.0547. The number of rotatable bonds is 4. The third kappa shape index (κ3) is 2.80. The van der Waals surface area contributed by atoms with E-state index in [4.69, 9.17) is 4.74 Å². The molecule has 4 saturated carbocycles. The quantitative estimate of drug-likeness (QED) is 0.858. The predicted molar refractivity (Wildman–Crippen MR) is 88.6 cm³/mol. The highest BCUT2D eigenvalue weighted by Gasteiger charge is 2.50. The predicted octanol–water partition coefficient (Wildman–Crippen LogP) is 3.48. The van der Waals surface area contributed by atoms with Gasteiger partial charge in [-0.3, -0.25) is 4.79 Å². The lowest BCUT2D eigenvalue weighted by Crippen LogP contribution is -2.51. The lowest BCUT2D eigenvalue weighted by atomic mass is 9.49. The molecule has 1 N–H and O–H groups in total. The average molecular weight is 333 g/mol. The number of amides is 1. The molecule has 5 heteroatoms. The summed E-state index contributed by atoms with van der Waals surface area (Å²) in [4.78, 5) is 25.0. The minimum Gasteiger partial charge on any atom is -0.465 e. The van der Waals surface area contributed by atoms with Crippen molar-refractivity contribution in [2.45, 2.75) is 38.5 Å². The van der Waals surface area contributed by atoms with Crippen molar-refractivity contribution >= 4 is 23.2 Å². The van der Waals surface area contributed by atoms with Crippen LogP contribution in [0, 0.1) is 23.2 Å². The summed E-state index contributed by atoms with van der Waals surface area (Å²) in [5.74, 6) is 2.25. The second-order valence-electron chi connectivity index (χ2n) is 7.76. The van der Waals surface area contributed by atoms with Crippen molar-refractivity contribution in [2.75, 3.05) is 13.7 Å². The van der Waals surface area contributed by atoms with Crippen molar-refractivity contribution in [3.05, 3.63) is 21.9 Å². The van der Waals surface area contributed by atoms with Crippen molar-refractivity contribution in [2.24, 2.45) is 23.2 Å². The second-order valence-corrected chi connectivity index (χ2v) is 8.84. The van der Waals surface area contributed by atoms with E-state index in [9.17, 15) is 9.59 Å². The van der Waals surface area contributed by atoms with E-state index in [-0.39, 0.29) is 11.9 Å². The molecule has 1 aromatic rings. The van der Waals surface area contributed by atoms with Crippen LogP contribution in [0.1, 0.15) is 57.9 Å². The molecular weight excluding hydrogens is 310 g/mol. The number of hydrogen-bond donors (Lipinski definition) is 1. The molecule has 124 valence electrons. The topological polar surface area (TPSA) is 55.4 Å². The lowest BCUT2D eigenvalue weighted by Gasteiger charge is -2.56. The molecule has 0 saturated heterocycles. The number of nitrogens with one attached hydrogen (secondary N) is 1. The fourth-order valence-corrected chi connectivity index (χ4v) is 6.37. The Morgan fingerprint density at radius 1 is 1.13 bits per heavy atom. The van der Waals surface area contributed by atoms with E-state index in [1.54, 1.807) is 12.1 Å². The summed E-state index contributed by atoms with van der Waals surface area (Å²) in [5.41, 5.74) is 0.340. The molecule has 0 aromatic carbocycles. The Kier molecular flexibility index (Phi) is 3.71. The maximum absolute atomic E-state index is 12.4. The standard InChI is InChI=1S/C18H23NO3S/c1-22-17(21)15-3-2-14(23-15)16(20)19-10-18-7-11-4-12(8-18)6-13(5-11)9-18/h2-3,11-13H,4-10H2,1H3,(H,19,20). The minimum atomic E-state index is -0.380. The van der Waals surface area contributed by atoms with Crippen LogP contribution in [0.5, 0.6) is 0 Å². The van der Waals surface area contributed by atoms with Crippen LogP contribution in [0.3, 0.4) is 0 Å². The van der Waals surface area contributed by atoms with E-state index >= 15 is 0 Å². The molecule has 0 radical (unpaired) electrons. The molecule has 0 spiro atoms. The van der Waals surface area contributed by atoms with Gasteiger partial charge in [0.1, 0.15) is 4.88 Å². The fraction of sp³-hybridized carbons (Fsp3) is 0.667. The maximum Gasteiger partial charge on any atom is 0.348 e. The van der Waals surface area contributed by atoms with Gasteiger partial charge >= 0.3 is 5.97 Å². The summed E-state index contributed by atoms with van der Waals surface area (Å²) >= 11 is 1.20. The number of ether oxygens (including phenoxy) is 1. The van der Waals surface area contributed by atoms with Gasteiger partial charge in [0.15, 0.2) is 0 Å². The average Bonchev–Trinajstić information content (AvgIpc) is 3.00. The van der Waals surface area contributed by atoms with Crippen LogP contribution in [0.25, 0.3) is 0 Å². The summed E-state index contributed by atoms with van der Waals surface area (Å²) in [6, 6.07) is 3.38. The molecule has 5 rings (SSSR count). The maximum atomic E-state index is 12.4. The smallest absolute Gasteiger partial charge is 0.348 e.